The molecule has 0 fully saturated rings. The lowest BCUT2D eigenvalue weighted by molar-refractivity contribution is 0.0988. The van der Waals surface area contributed by atoms with Gasteiger partial charge in [0.15, 0.2) is 17.4 Å². The summed E-state index contributed by atoms with van der Waals surface area (Å²) in [6, 6.07) is 11.1. The van der Waals surface area contributed by atoms with Crippen molar-refractivity contribution in [2.75, 3.05) is 19.1 Å². The van der Waals surface area contributed by atoms with Crippen LogP contribution in [-0.2, 0) is 0 Å². The van der Waals surface area contributed by atoms with Gasteiger partial charge in [0.1, 0.15) is 5.75 Å². The van der Waals surface area contributed by atoms with Crippen LogP contribution in [0, 0.1) is 0 Å². The van der Waals surface area contributed by atoms with Crippen molar-refractivity contribution in [3.05, 3.63) is 42.2 Å². The van der Waals surface area contributed by atoms with Crippen molar-refractivity contribution in [2.45, 2.75) is 6.92 Å². The number of rotatable bonds is 4. The van der Waals surface area contributed by atoms with Crippen LogP contribution in [0.5, 0.6) is 5.75 Å². The lowest BCUT2D eigenvalue weighted by atomic mass is 10.3. The molecule has 0 N–H and O–H groups in total. The fourth-order valence-electron chi connectivity index (χ4n) is 1.63. The van der Waals surface area contributed by atoms with Gasteiger partial charge in [-0.15, -0.1) is 0 Å². The second-order valence-electron chi connectivity index (χ2n) is 3.95. The van der Waals surface area contributed by atoms with E-state index in [9.17, 15) is 4.79 Å². The summed E-state index contributed by atoms with van der Waals surface area (Å²) >= 11 is 0. The minimum atomic E-state index is -0.0793. The van der Waals surface area contributed by atoms with Crippen molar-refractivity contribution in [3.63, 3.8) is 0 Å². The van der Waals surface area contributed by atoms with Gasteiger partial charge in [0.05, 0.1) is 7.11 Å². The molecule has 2 aromatic rings. The Balaban J connectivity index is 2.23. The number of methoxy groups -OCH3 is 1. The first kappa shape index (κ1) is 12.2. The zero-order valence-corrected chi connectivity index (χ0v) is 10.6. The summed E-state index contributed by atoms with van der Waals surface area (Å²) in [5.74, 6) is 1.72. The maximum absolute atomic E-state index is 11.2. The minimum absolute atomic E-state index is 0.0793. The maximum Gasteiger partial charge on any atom is 0.200 e. The van der Waals surface area contributed by atoms with Crippen LogP contribution in [0.1, 0.15) is 17.5 Å². The highest BCUT2D eigenvalue weighted by Crippen LogP contribution is 2.27. The van der Waals surface area contributed by atoms with Crippen LogP contribution >= 0.6 is 0 Å². The number of carbonyl (C=O) groups is 1. The van der Waals surface area contributed by atoms with Gasteiger partial charge >= 0.3 is 0 Å². The Kier molecular flexibility index (Phi) is 3.37. The third-order valence-electron chi connectivity index (χ3n) is 2.73. The fraction of sp³-hybridized carbons (Fsp3) is 0.214. The van der Waals surface area contributed by atoms with Crippen LogP contribution in [0.15, 0.2) is 40.8 Å². The van der Waals surface area contributed by atoms with Crippen molar-refractivity contribution in [3.8, 4) is 5.75 Å². The monoisotopic (exact) mass is 245 g/mol. The van der Waals surface area contributed by atoms with Gasteiger partial charge in [-0.25, -0.2) is 0 Å². The molecule has 0 aliphatic heterocycles. The van der Waals surface area contributed by atoms with E-state index in [0.717, 1.165) is 11.4 Å². The molecule has 1 aromatic carbocycles. The molecule has 0 aliphatic rings. The summed E-state index contributed by atoms with van der Waals surface area (Å²) in [4.78, 5) is 13.0. The van der Waals surface area contributed by atoms with E-state index in [-0.39, 0.29) is 5.78 Å². The molecule has 1 aromatic heterocycles. The molecule has 0 atom stereocenters. The minimum Gasteiger partial charge on any atom is -0.497 e. The van der Waals surface area contributed by atoms with E-state index in [0.29, 0.717) is 11.6 Å². The van der Waals surface area contributed by atoms with E-state index < -0.39 is 0 Å². The van der Waals surface area contributed by atoms with E-state index in [1.165, 1.54) is 6.92 Å². The van der Waals surface area contributed by atoms with Crippen molar-refractivity contribution in [2.24, 2.45) is 0 Å². The van der Waals surface area contributed by atoms with Crippen molar-refractivity contribution in [1.82, 2.24) is 0 Å². The first-order valence-electron chi connectivity index (χ1n) is 5.60. The average molecular weight is 245 g/mol. The molecular formula is C14H15NO3. The summed E-state index contributed by atoms with van der Waals surface area (Å²) < 4.78 is 10.6. The molecule has 0 aliphatic carbocycles. The number of ether oxygens (including phenoxy) is 1. The number of carbonyl (C=O) groups excluding carboxylic acids is 1. The Morgan fingerprint density at radius 2 is 1.83 bits per heavy atom. The third kappa shape index (κ3) is 2.37. The van der Waals surface area contributed by atoms with Crippen LogP contribution in [0.25, 0.3) is 0 Å². The van der Waals surface area contributed by atoms with Gasteiger partial charge in [0, 0.05) is 25.7 Å². The second-order valence-corrected chi connectivity index (χ2v) is 3.95. The summed E-state index contributed by atoms with van der Waals surface area (Å²) in [5, 5.41) is 0. The molecule has 0 unspecified atom stereocenters. The highest BCUT2D eigenvalue weighted by Gasteiger charge is 2.11. The molecule has 4 nitrogen and oxygen atoms in total. The summed E-state index contributed by atoms with van der Waals surface area (Å²) in [6.45, 7) is 1.48. The normalized spacial score (nSPS) is 10.2. The van der Waals surface area contributed by atoms with Crippen LogP contribution in [0.4, 0.5) is 11.6 Å². The number of Topliss-reactive ketones (excluding diaryl/α,β-unsaturated/α-hetero) is 1. The maximum atomic E-state index is 11.2. The van der Waals surface area contributed by atoms with E-state index in [4.69, 9.17) is 9.15 Å². The number of ketones is 1. The molecule has 0 bridgehead atoms. The van der Waals surface area contributed by atoms with Crippen molar-refractivity contribution in [1.29, 1.82) is 0 Å². The van der Waals surface area contributed by atoms with Crippen molar-refractivity contribution >= 4 is 17.4 Å². The number of hydrogen-bond acceptors (Lipinski definition) is 4. The molecule has 94 valence electrons. The molecule has 0 saturated carbocycles. The standard InChI is InChI=1S/C14H15NO3/c1-10(16)13-8-9-14(18-13)15(2)11-4-6-12(17-3)7-5-11/h4-9H,1-3H3. The topological polar surface area (TPSA) is 42.7 Å². The van der Waals surface area contributed by atoms with Gasteiger partial charge in [0.2, 0.25) is 0 Å². The Morgan fingerprint density at radius 1 is 1.17 bits per heavy atom. The van der Waals surface area contributed by atoms with Crippen LogP contribution < -0.4 is 9.64 Å². The van der Waals surface area contributed by atoms with E-state index >= 15 is 0 Å². The molecule has 2 rings (SSSR count). The number of hydrogen-bond donors (Lipinski definition) is 0. The SMILES string of the molecule is COc1ccc(N(C)c2ccc(C(C)=O)o2)cc1. The smallest absolute Gasteiger partial charge is 0.200 e. The highest BCUT2D eigenvalue weighted by atomic mass is 16.5. The fourth-order valence-corrected chi connectivity index (χ4v) is 1.63. The number of benzene rings is 1. The summed E-state index contributed by atoms with van der Waals surface area (Å²) in [5.41, 5.74) is 0.959. The molecule has 0 radical (unpaired) electrons. The molecular weight excluding hydrogens is 230 g/mol. The number of anilines is 2. The van der Waals surface area contributed by atoms with Gasteiger partial charge in [-0.05, 0) is 30.3 Å². The lowest BCUT2D eigenvalue weighted by Crippen LogP contribution is -2.08. The molecule has 0 saturated heterocycles. The van der Waals surface area contributed by atoms with Crippen LogP contribution in [0.3, 0.4) is 0 Å². The highest BCUT2D eigenvalue weighted by molar-refractivity contribution is 5.91. The first-order valence-corrected chi connectivity index (χ1v) is 5.60. The Hall–Kier alpha value is -2.23. The predicted molar refractivity (Wildman–Crippen MR) is 69.8 cm³/mol. The zero-order chi connectivity index (χ0) is 13.1. The Labute approximate surface area is 106 Å². The molecule has 0 amide bonds. The van der Waals surface area contributed by atoms with Crippen molar-refractivity contribution < 1.29 is 13.9 Å². The summed E-state index contributed by atoms with van der Waals surface area (Å²) in [6.07, 6.45) is 0. The van der Waals surface area contributed by atoms with E-state index in [2.05, 4.69) is 0 Å². The second kappa shape index (κ2) is 4.96. The van der Waals surface area contributed by atoms with Crippen LogP contribution in [-0.4, -0.2) is 19.9 Å². The first-order chi connectivity index (χ1) is 8.61. The predicted octanol–water partition coefficient (Wildman–Crippen LogP) is 3.26. The van der Waals surface area contributed by atoms with Gasteiger partial charge in [-0.3, -0.25) is 4.79 Å². The Bertz CT molecular complexity index is 542. The number of furan rings is 1. The zero-order valence-electron chi connectivity index (χ0n) is 10.6. The third-order valence-corrected chi connectivity index (χ3v) is 2.73. The Morgan fingerprint density at radius 3 is 2.33 bits per heavy atom. The van der Waals surface area contributed by atoms with E-state index in [1.807, 2.05) is 36.2 Å². The lowest BCUT2D eigenvalue weighted by Gasteiger charge is -2.16. The van der Waals surface area contributed by atoms with Gasteiger partial charge in [-0.1, -0.05) is 0 Å². The van der Waals surface area contributed by atoms with Gasteiger partial charge < -0.3 is 14.1 Å². The number of nitrogens with zero attached hydrogens (tertiary/aromatic N) is 1. The van der Waals surface area contributed by atoms with Gasteiger partial charge in [-0.2, -0.15) is 0 Å². The molecule has 0 spiro atoms. The van der Waals surface area contributed by atoms with E-state index in [1.54, 1.807) is 19.2 Å². The van der Waals surface area contributed by atoms with Crippen LogP contribution in [0.2, 0.25) is 0 Å². The van der Waals surface area contributed by atoms with Gasteiger partial charge in [0.25, 0.3) is 0 Å². The largest absolute Gasteiger partial charge is 0.497 e. The quantitative estimate of drug-likeness (QED) is 0.775. The molecule has 18 heavy (non-hydrogen) atoms. The summed E-state index contributed by atoms with van der Waals surface area (Å²) in [7, 11) is 3.51. The molecule has 1 heterocycles. The molecule has 4 heteroatoms. The average Bonchev–Trinajstić information content (AvgIpc) is 2.88.